The first-order valence-corrected chi connectivity index (χ1v) is 8.69. The predicted octanol–water partition coefficient (Wildman–Crippen LogP) is 3.67. The van der Waals surface area contributed by atoms with E-state index in [1.165, 1.54) is 64.6 Å². The molecule has 0 spiro atoms. The topological polar surface area (TPSA) is 15.3 Å². The van der Waals surface area contributed by atoms with Crippen molar-refractivity contribution in [3.05, 3.63) is 0 Å². The van der Waals surface area contributed by atoms with Crippen LogP contribution in [0.1, 0.15) is 65.7 Å². The summed E-state index contributed by atoms with van der Waals surface area (Å²) in [6, 6.07) is 1.56. The highest BCUT2D eigenvalue weighted by Gasteiger charge is 2.30. The molecular formula is C17H34N2. The maximum Gasteiger partial charge on any atom is 0.0121 e. The molecule has 2 atom stereocenters. The lowest BCUT2D eigenvalue weighted by atomic mass is 9.78. The van der Waals surface area contributed by atoms with E-state index in [1.54, 1.807) is 0 Å². The van der Waals surface area contributed by atoms with E-state index in [0.29, 0.717) is 0 Å². The van der Waals surface area contributed by atoms with Crippen LogP contribution in [0.5, 0.6) is 0 Å². The predicted molar refractivity (Wildman–Crippen MR) is 83.5 cm³/mol. The Kier molecular flexibility index (Phi) is 6.15. The Morgan fingerprint density at radius 3 is 2.21 bits per heavy atom. The highest BCUT2D eigenvalue weighted by molar-refractivity contribution is 4.88. The summed E-state index contributed by atoms with van der Waals surface area (Å²) in [6.07, 6.45) is 9.72. The first kappa shape index (κ1) is 15.3. The van der Waals surface area contributed by atoms with Crippen LogP contribution in [0.2, 0.25) is 0 Å². The Morgan fingerprint density at radius 1 is 1.00 bits per heavy atom. The zero-order chi connectivity index (χ0) is 13.7. The van der Waals surface area contributed by atoms with Gasteiger partial charge < -0.3 is 10.2 Å². The summed E-state index contributed by atoms with van der Waals surface area (Å²) in [6.45, 7) is 11.1. The Hall–Kier alpha value is -0.0800. The van der Waals surface area contributed by atoms with Gasteiger partial charge in [0, 0.05) is 12.1 Å². The summed E-state index contributed by atoms with van der Waals surface area (Å²) in [4.78, 5) is 2.66. The van der Waals surface area contributed by atoms with Gasteiger partial charge in [0.25, 0.3) is 0 Å². The maximum atomic E-state index is 4.01. The highest BCUT2D eigenvalue weighted by atomic mass is 15.1. The number of nitrogens with one attached hydrogen (secondary N) is 1. The number of piperidine rings is 1. The van der Waals surface area contributed by atoms with Gasteiger partial charge in [-0.3, -0.25) is 0 Å². The SMILES string of the molecule is CCCCN1CCC(NC2C(C)CCCC2C)CC1. The molecule has 2 heteroatoms. The average Bonchev–Trinajstić information content (AvgIpc) is 2.42. The van der Waals surface area contributed by atoms with Gasteiger partial charge in [0.1, 0.15) is 0 Å². The van der Waals surface area contributed by atoms with Crippen LogP contribution in [0, 0.1) is 11.8 Å². The minimum absolute atomic E-state index is 0.779. The molecule has 1 aliphatic heterocycles. The van der Waals surface area contributed by atoms with E-state index in [2.05, 4.69) is 31.0 Å². The largest absolute Gasteiger partial charge is 0.311 e. The van der Waals surface area contributed by atoms with Gasteiger partial charge in [0.2, 0.25) is 0 Å². The lowest BCUT2D eigenvalue weighted by Crippen LogP contribution is -2.51. The number of nitrogens with zero attached hydrogens (tertiary/aromatic N) is 1. The third-order valence-electron chi connectivity index (χ3n) is 5.39. The molecule has 2 fully saturated rings. The van der Waals surface area contributed by atoms with Gasteiger partial charge in [0.05, 0.1) is 0 Å². The number of unbranched alkanes of at least 4 members (excludes halogenated alkanes) is 1. The van der Waals surface area contributed by atoms with Gasteiger partial charge in [-0.05, 0) is 63.6 Å². The monoisotopic (exact) mass is 266 g/mol. The molecule has 2 nitrogen and oxygen atoms in total. The van der Waals surface area contributed by atoms with E-state index in [9.17, 15) is 0 Å². The number of rotatable bonds is 5. The van der Waals surface area contributed by atoms with Crippen molar-refractivity contribution in [3.8, 4) is 0 Å². The van der Waals surface area contributed by atoms with Crippen molar-refractivity contribution in [1.29, 1.82) is 0 Å². The van der Waals surface area contributed by atoms with Crippen molar-refractivity contribution in [2.45, 2.75) is 77.8 Å². The van der Waals surface area contributed by atoms with Crippen molar-refractivity contribution in [1.82, 2.24) is 10.2 Å². The van der Waals surface area contributed by atoms with Gasteiger partial charge in [-0.1, -0.05) is 33.6 Å². The molecule has 0 aromatic carbocycles. The van der Waals surface area contributed by atoms with Crippen LogP contribution in [0.3, 0.4) is 0 Å². The second kappa shape index (κ2) is 7.64. The van der Waals surface area contributed by atoms with E-state index < -0.39 is 0 Å². The fourth-order valence-corrected chi connectivity index (χ4v) is 3.99. The molecule has 1 aliphatic carbocycles. The van der Waals surface area contributed by atoms with Crippen molar-refractivity contribution >= 4 is 0 Å². The lowest BCUT2D eigenvalue weighted by Gasteiger charge is -2.40. The summed E-state index contributed by atoms with van der Waals surface area (Å²) in [5.41, 5.74) is 0. The van der Waals surface area contributed by atoms with E-state index in [-0.39, 0.29) is 0 Å². The number of hydrogen-bond donors (Lipinski definition) is 1. The van der Waals surface area contributed by atoms with Crippen LogP contribution in [-0.2, 0) is 0 Å². The molecule has 19 heavy (non-hydrogen) atoms. The minimum Gasteiger partial charge on any atom is -0.311 e. The van der Waals surface area contributed by atoms with Crippen molar-refractivity contribution < 1.29 is 0 Å². The van der Waals surface area contributed by atoms with Gasteiger partial charge in [-0.25, -0.2) is 0 Å². The first-order valence-electron chi connectivity index (χ1n) is 8.69. The van der Waals surface area contributed by atoms with Crippen LogP contribution in [0.15, 0.2) is 0 Å². The average molecular weight is 266 g/mol. The third kappa shape index (κ3) is 4.46. The van der Waals surface area contributed by atoms with Crippen LogP contribution in [0.25, 0.3) is 0 Å². The molecule has 0 bridgehead atoms. The molecule has 2 unspecified atom stereocenters. The molecule has 0 radical (unpaired) electrons. The Balaban J connectivity index is 1.72. The Bertz CT molecular complexity index is 236. The summed E-state index contributed by atoms with van der Waals surface area (Å²) in [7, 11) is 0. The minimum atomic E-state index is 0.779. The smallest absolute Gasteiger partial charge is 0.0121 e. The summed E-state index contributed by atoms with van der Waals surface area (Å²) in [5.74, 6) is 1.75. The molecule has 0 aromatic heterocycles. The Labute approximate surface area is 120 Å². The molecule has 1 N–H and O–H groups in total. The maximum absolute atomic E-state index is 4.01. The standard InChI is InChI=1S/C17H34N2/c1-4-5-11-19-12-9-16(10-13-19)18-17-14(2)7-6-8-15(17)3/h14-18H,4-13H2,1-3H3. The molecule has 2 aliphatic rings. The lowest BCUT2D eigenvalue weighted by molar-refractivity contribution is 0.146. The third-order valence-corrected chi connectivity index (χ3v) is 5.39. The van der Waals surface area contributed by atoms with Gasteiger partial charge in [-0.15, -0.1) is 0 Å². The molecule has 0 aromatic rings. The van der Waals surface area contributed by atoms with Crippen LogP contribution >= 0.6 is 0 Å². The first-order chi connectivity index (χ1) is 9.20. The van der Waals surface area contributed by atoms with Crippen molar-refractivity contribution in [3.63, 3.8) is 0 Å². The molecule has 2 rings (SSSR count). The molecule has 0 amide bonds. The van der Waals surface area contributed by atoms with Crippen LogP contribution in [-0.4, -0.2) is 36.6 Å². The van der Waals surface area contributed by atoms with Gasteiger partial charge >= 0.3 is 0 Å². The number of hydrogen-bond acceptors (Lipinski definition) is 2. The molecule has 112 valence electrons. The van der Waals surface area contributed by atoms with E-state index in [1.807, 2.05) is 0 Å². The normalized spacial score (nSPS) is 34.6. The van der Waals surface area contributed by atoms with Crippen molar-refractivity contribution in [2.24, 2.45) is 11.8 Å². The van der Waals surface area contributed by atoms with E-state index in [0.717, 1.165) is 23.9 Å². The molecule has 1 saturated heterocycles. The zero-order valence-corrected chi connectivity index (χ0v) is 13.3. The number of likely N-dealkylation sites (tertiary alicyclic amines) is 1. The fourth-order valence-electron chi connectivity index (χ4n) is 3.99. The zero-order valence-electron chi connectivity index (χ0n) is 13.3. The van der Waals surface area contributed by atoms with E-state index in [4.69, 9.17) is 0 Å². The summed E-state index contributed by atoms with van der Waals surface area (Å²) >= 11 is 0. The molecule has 1 heterocycles. The van der Waals surface area contributed by atoms with Gasteiger partial charge in [-0.2, -0.15) is 0 Å². The highest BCUT2D eigenvalue weighted by Crippen LogP contribution is 2.29. The quantitative estimate of drug-likeness (QED) is 0.817. The van der Waals surface area contributed by atoms with Gasteiger partial charge in [0.15, 0.2) is 0 Å². The second-order valence-electron chi connectivity index (χ2n) is 7.05. The summed E-state index contributed by atoms with van der Waals surface area (Å²) in [5, 5.41) is 4.01. The molecular weight excluding hydrogens is 232 g/mol. The second-order valence-corrected chi connectivity index (χ2v) is 7.05. The van der Waals surface area contributed by atoms with E-state index >= 15 is 0 Å². The van der Waals surface area contributed by atoms with Crippen LogP contribution < -0.4 is 5.32 Å². The summed E-state index contributed by atoms with van der Waals surface area (Å²) < 4.78 is 0. The Morgan fingerprint density at radius 2 is 1.63 bits per heavy atom. The van der Waals surface area contributed by atoms with Crippen LogP contribution in [0.4, 0.5) is 0 Å². The fraction of sp³-hybridized carbons (Fsp3) is 1.00. The molecule has 1 saturated carbocycles. The van der Waals surface area contributed by atoms with Crippen molar-refractivity contribution in [2.75, 3.05) is 19.6 Å².